The van der Waals surface area contributed by atoms with E-state index in [-0.39, 0.29) is 0 Å². The van der Waals surface area contributed by atoms with Crippen molar-refractivity contribution in [2.45, 2.75) is 38.1 Å². The van der Waals surface area contributed by atoms with Gasteiger partial charge < -0.3 is 15.5 Å². The Labute approximate surface area is 133 Å². The first-order chi connectivity index (χ1) is 10.2. The van der Waals surface area contributed by atoms with E-state index in [0.29, 0.717) is 4.99 Å². The van der Waals surface area contributed by atoms with Gasteiger partial charge in [0.1, 0.15) is 4.99 Å². The number of likely N-dealkylation sites (tertiary alicyclic amines) is 1. The number of nitrogens with two attached hydrogens (primary N) is 1. The zero-order chi connectivity index (χ0) is 14.7. The molecule has 0 aromatic heterocycles. The van der Waals surface area contributed by atoms with Crippen LogP contribution in [0.2, 0.25) is 0 Å². The molecule has 0 radical (unpaired) electrons. The van der Waals surface area contributed by atoms with Crippen LogP contribution < -0.4 is 10.6 Å². The monoisotopic (exact) mass is 303 g/mol. The van der Waals surface area contributed by atoms with Crippen molar-refractivity contribution in [1.29, 1.82) is 0 Å². The Balaban J connectivity index is 1.56. The fraction of sp³-hybridized carbons (Fsp3) is 0.588. The second kappa shape index (κ2) is 6.75. The number of nitrogens with zero attached hydrogens (tertiary/aromatic N) is 2. The molecule has 2 saturated heterocycles. The molecule has 21 heavy (non-hydrogen) atoms. The molecule has 114 valence electrons. The first-order valence-corrected chi connectivity index (χ1v) is 8.54. The van der Waals surface area contributed by atoms with Gasteiger partial charge in [-0.05, 0) is 63.0 Å². The molecular formula is C17H25N3S. The largest absolute Gasteiger partial charge is 0.389 e. The van der Waals surface area contributed by atoms with Crippen LogP contribution in [0.25, 0.3) is 0 Å². The van der Waals surface area contributed by atoms with Gasteiger partial charge in [0.25, 0.3) is 0 Å². The predicted molar refractivity (Wildman–Crippen MR) is 93.0 cm³/mol. The summed E-state index contributed by atoms with van der Waals surface area (Å²) in [4.78, 5) is 5.69. The lowest BCUT2D eigenvalue weighted by atomic mass is 9.99. The van der Waals surface area contributed by atoms with Crippen molar-refractivity contribution in [3.8, 4) is 0 Å². The number of hydrogen-bond acceptors (Lipinski definition) is 3. The molecule has 1 aromatic rings. The number of hydrogen-bond donors (Lipinski definition) is 1. The molecule has 0 amide bonds. The molecule has 2 aliphatic heterocycles. The molecule has 1 aromatic carbocycles. The average molecular weight is 303 g/mol. The molecule has 4 heteroatoms. The van der Waals surface area contributed by atoms with E-state index in [1.807, 2.05) is 12.1 Å². The van der Waals surface area contributed by atoms with Gasteiger partial charge >= 0.3 is 0 Å². The smallest absolute Gasteiger partial charge is 0.103 e. The van der Waals surface area contributed by atoms with Crippen LogP contribution in [0.1, 0.15) is 37.7 Å². The zero-order valence-corrected chi connectivity index (χ0v) is 13.4. The lowest BCUT2D eigenvalue weighted by molar-refractivity contribution is 0.141. The van der Waals surface area contributed by atoms with Crippen molar-refractivity contribution in [2.75, 3.05) is 31.1 Å². The fourth-order valence-corrected chi connectivity index (χ4v) is 3.75. The normalized spacial score (nSPS) is 21.4. The summed E-state index contributed by atoms with van der Waals surface area (Å²) in [5, 5.41) is 0. The van der Waals surface area contributed by atoms with E-state index in [4.69, 9.17) is 18.0 Å². The Bertz CT molecular complexity index is 471. The molecule has 2 aliphatic rings. The molecule has 2 heterocycles. The summed E-state index contributed by atoms with van der Waals surface area (Å²) in [5.74, 6) is 0. The van der Waals surface area contributed by atoms with Gasteiger partial charge in [0.05, 0.1) is 0 Å². The van der Waals surface area contributed by atoms with E-state index in [1.54, 1.807) is 0 Å². The number of rotatable bonds is 3. The van der Waals surface area contributed by atoms with Crippen LogP contribution in [0.4, 0.5) is 5.69 Å². The Morgan fingerprint density at radius 1 is 0.952 bits per heavy atom. The third-order valence-electron chi connectivity index (χ3n) is 4.89. The highest BCUT2D eigenvalue weighted by atomic mass is 32.1. The van der Waals surface area contributed by atoms with Gasteiger partial charge in [-0.2, -0.15) is 0 Å². The number of thiocarbonyl (C=S) groups is 1. The van der Waals surface area contributed by atoms with Crippen LogP contribution in [0.15, 0.2) is 24.3 Å². The van der Waals surface area contributed by atoms with Crippen molar-refractivity contribution in [3.63, 3.8) is 0 Å². The van der Waals surface area contributed by atoms with Crippen molar-refractivity contribution >= 4 is 22.9 Å². The SMILES string of the molecule is NC(=S)c1ccc(N2CCC(N3CCCCC3)CC2)cc1. The summed E-state index contributed by atoms with van der Waals surface area (Å²) in [7, 11) is 0. The van der Waals surface area contributed by atoms with Gasteiger partial charge in [0.2, 0.25) is 0 Å². The first-order valence-electron chi connectivity index (χ1n) is 8.13. The summed E-state index contributed by atoms with van der Waals surface area (Å²) in [6.07, 6.45) is 6.78. The van der Waals surface area contributed by atoms with Crippen molar-refractivity contribution in [3.05, 3.63) is 29.8 Å². The van der Waals surface area contributed by atoms with Crippen molar-refractivity contribution in [1.82, 2.24) is 4.90 Å². The van der Waals surface area contributed by atoms with E-state index >= 15 is 0 Å². The maximum Gasteiger partial charge on any atom is 0.103 e. The van der Waals surface area contributed by atoms with E-state index in [9.17, 15) is 0 Å². The molecule has 0 spiro atoms. The quantitative estimate of drug-likeness (QED) is 0.870. The van der Waals surface area contributed by atoms with Crippen molar-refractivity contribution < 1.29 is 0 Å². The molecular weight excluding hydrogens is 278 g/mol. The molecule has 0 saturated carbocycles. The standard InChI is InChI=1S/C17H25N3S/c18-17(21)14-4-6-15(7-5-14)20-12-8-16(9-13-20)19-10-2-1-3-11-19/h4-7,16H,1-3,8-13H2,(H2,18,21). The zero-order valence-electron chi connectivity index (χ0n) is 12.6. The predicted octanol–water partition coefficient (Wildman–Crippen LogP) is 2.78. The van der Waals surface area contributed by atoms with Gasteiger partial charge in [-0.3, -0.25) is 0 Å². The summed E-state index contributed by atoms with van der Waals surface area (Å²) in [6.45, 7) is 4.95. The minimum atomic E-state index is 0.477. The Morgan fingerprint density at radius 2 is 1.57 bits per heavy atom. The molecule has 3 rings (SSSR count). The second-order valence-corrected chi connectivity index (χ2v) is 6.67. The lowest BCUT2D eigenvalue weighted by Crippen LogP contribution is -2.46. The molecule has 2 fully saturated rings. The van der Waals surface area contributed by atoms with Crippen LogP contribution in [0.5, 0.6) is 0 Å². The third kappa shape index (κ3) is 3.55. The van der Waals surface area contributed by atoms with Crippen LogP contribution >= 0.6 is 12.2 Å². The lowest BCUT2D eigenvalue weighted by Gasteiger charge is -2.41. The van der Waals surface area contributed by atoms with E-state index in [0.717, 1.165) is 24.7 Å². The third-order valence-corrected chi connectivity index (χ3v) is 5.12. The van der Waals surface area contributed by atoms with Crippen LogP contribution in [0, 0.1) is 0 Å². The highest BCUT2D eigenvalue weighted by Gasteiger charge is 2.25. The Kier molecular flexibility index (Phi) is 4.76. The average Bonchev–Trinajstić information content (AvgIpc) is 2.56. The number of anilines is 1. The van der Waals surface area contributed by atoms with Gasteiger partial charge in [0, 0.05) is 30.4 Å². The fourth-order valence-electron chi connectivity index (χ4n) is 3.61. The molecule has 0 aliphatic carbocycles. The summed E-state index contributed by atoms with van der Waals surface area (Å²) in [6, 6.07) is 9.17. The van der Waals surface area contributed by atoms with Crippen LogP contribution in [-0.2, 0) is 0 Å². The summed E-state index contributed by atoms with van der Waals surface area (Å²) in [5.41, 5.74) is 7.91. The van der Waals surface area contributed by atoms with Crippen LogP contribution in [-0.4, -0.2) is 42.1 Å². The first kappa shape index (κ1) is 14.8. The maximum atomic E-state index is 5.66. The molecule has 3 nitrogen and oxygen atoms in total. The van der Waals surface area contributed by atoms with E-state index < -0.39 is 0 Å². The van der Waals surface area contributed by atoms with Crippen LogP contribution in [0.3, 0.4) is 0 Å². The number of piperidine rings is 2. The minimum Gasteiger partial charge on any atom is -0.389 e. The van der Waals surface area contributed by atoms with Gasteiger partial charge in [-0.1, -0.05) is 18.6 Å². The van der Waals surface area contributed by atoms with Crippen molar-refractivity contribution in [2.24, 2.45) is 5.73 Å². The Morgan fingerprint density at radius 3 is 2.14 bits per heavy atom. The highest BCUT2D eigenvalue weighted by molar-refractivity contribution is 7.80. The maximum absolute atomic E-state index is 5.66. The highest BCUT2D eigenvalue weighted by Crippen LogP contribution is 2.24. The van der Waals surface area contributed by atoms with E-state index in [1.165, 1.54) is 50.9 Å². The second-order valence-electron chi connectivity index (χ2n) is 6.23. The molecule has 0 atom stereocenters. The van der Waals surface area contributed by atoms with E-state index in [2.05, 4.69) is 21.9 Å². The van der Waals surface area contributed by atoms with Gasteiger partial charge in [-0.25, -0.2) is 0 Å². The number of benzene rings is 1. The molecule has 0 unspecified atom stereocenters. The van der Waals surface area contributed by atoms with Gasteiger partial charge in [-0.15, -0.1) is 0 Å². The minimum absolute atomic E-state index is 0.477. The van der Waals surface area contributed by atoms with Gasteiger partial charge in [0.15, 0.2) is 0 Å². The topological polar surface area (TPSA) is 32.5 Å². The molecule has 2 N–H and O–H groups in total. The Hall–Kier alpha value is -1.13. The summed E-state index contributed by atoms with van der Waals surface area (Å²) < 4.78 is 0. The summed E-state index contributed by atoms with van der Waals surface area (Å²) >= 11 is 5.01. The molecule has 0 bridgehead atoms.